The molecule has 0 radical (unpaired) electrons. The number of esters is 1. The van der Waals surface area contributed by atoms with E-state index in [4.69, 9.17) is 9.47 Å². The van der Waals surface area contributed by atoms with Crippen molar-refractivity contribution in [3.8, 4) is 0 Å². The molecule has 0 amide bonds. The predicted octanol–water partition coefficient (Wildman–Crippen LogP) is 6.42. The Morgan fingerprint density at radius 2 is 1.38 bits per heavy atom. The molecule has 0 rings (SSSR count). The van der Waals surface area contributed by atoms with Crippen molar-refractivity contribution in [2.24, 2.45) is 0 Å². The molecule has 144 valence electrons. The third-order valence-corrected chi connectivity index (χ3v) is 4.73. The lowest BCUT2D eigenvalue weighted by molar-refractivity contribution is -0.158. The number of halogens is 1. The van der Waals surface area contributed by atoms with Crippen LogP contribution in [0.4, 0.5) is 0 Å². The largest absolute Gasteiger partial charge is 0.464 e. The fourth-order valence-corrected chi connectivity index (χ4v) is 2.98. The molecule has 0 aliphatic heterocycles. The SMILES string of the molecule is CCCCCCCCOC(CCCC)C(=O)OCCCCCCBr. The van der Waals surface area contributed by atoms with Gasteiger partial charge in [0.15, 0.2) is 6.10 Å². The van der Waals surface area contributed by atoms with Crippen molar-refractivity contribution in [2.75, 3.05) is 18.5 Å². The summed E-state index contributed by atoms with van der Waals surface area (Å²) in [5.41, 5.74) is 0. The highest BCUT2D eigenvalue weighted by atomic mass is 79.9. The van der Waals surface area contributed by atoms with Gasteiger partial charge in [-0.2, -0.15) is 0 Å². The molecule has 0 saturated carbocycles. The maximum absolute atomic E-state index is 12.2. The summed E-state index contributed by atoms with van der Waals surface area (Å²) in [5.74, 6) is -0.157. The molecule has 0 aromatic heterocycles. The van der Waals surface area contributed by atoms with Gasteiger partial charge in [-0.25, -0.2) is 4.79 Å². The number of hydrogen-bond acceptors (Lipinski definition) is 3. The molecule has 0 heterocycles. The van der Waals surface area contributed by atoms with Crippen LogP contribution in [0.5, 0.6) is 0 Å². The molecule has 0 N–H and O–H groups in total. The second-order valence-corrected chi connectivity index (χ2v) is 7.33. The number of unbranched alkanes of at least 4 members (excludes halogenated alkanes) is 9. The second kappa shape index (κ2) is 19.2. The van der Waals surface area contributed by atoms with E-state index in [1.165, 1.54) is 44.9 Å². The fraction of sp³-hybridized carbons (Fsp3) is 0.950. The van der Waals surface area contributed by atoms with Crippen molar-refractivity contribution in [2.45, 2.75) is 103 Å². The van der Waals surface area contributed by atoms with Gasteiger partial charge in [0.05, 0.1) is 6.61 Å². The summed E-state index contributed by atoms with van der Waals surface area (Å²) in [4.78, 5) is 12.2. The molecule has 0 bridgehead atoms. The standard InChI is InChI=1S/C20H39BrO3/c1-3-5-7-8-10-13-17-23-19(15-6-4-2)20(22)24-18-14-11-9-12-16-21/h19H,3-18H2,1-2H3. The van der Waals surface area contributed by atoms with E-state index in [2.05, 4.69) is 29.8 Å². The van der Waals surface area contributed by atoms with Crippen molar-refractivity contribution < 1.29 is 14.3 Å². The highest BCUT2D eigenvalue weighted by Gasteiger charge is 2.19. The number of carbonyl (C=O) groups is 1. The van der Waals surface area contributed by atoms with Gasteiger partial charge in [0.1, 0.15) is 0 Å². The van der Waals surface area contributed by atoms with Crippen LogP contribution in [0.15, 0.2) is 0 Å². The maximum atomic E-state index is 12.2. The average molecular weight is 407 g/mol. The Bertz CT molecular complexity index is 272. The van der Waals surface area contributed by atoms with Crippen LogP contribution in [0.25, 0.3) is 0 Å². The molecule has 0 aliphatic rings. The molecular formula is C20H39BrO3. The number of carbonyl (C=O) groups excluding carboxylic acids is 1. The van der Waals surface area contributed by atoms with Gasteiger partial charge in [-0.1, -0.05) is 87.6 Å². The molecule has 3 nitrogen and oxygen atoms in total. The van der Waals surface area contributed by atoms with E-state index in [1.54, 1.807) is 0 Å². The lowest BCUT2D eigenvalue weighted by Gasteiger charge is -2.16. The zero-order chi connectivity index (χ0) is 17.9. The highest BCUT2D eigenvalue weighted by molar-refractivity contribution is 9.09. The molecule has 0 aromatic rings. The smallest absolute Gasteiger partial charge is 0.335 e. The minimum absolute atomic E-state index is 0.157. The van der Waals surface area contributed by atoms with Gasteiger partial charge in [-0.3, -0.25) is 0 Å². The first-order valence-electron chi connectivity index (χ1n) is 10.1. The van der Waals surface area contributed by atoms with Crippen LogP contribution in [-0.4, -0.2) is 30.6 Å². The Labute approximate surface area is 158 Å². The lowest BCUT2D eigenvalue weighted by atomic mass is 10.1. The van der Waals surface area contributed by atoms with E-state index in [-0.39, 0.29) is 12.1 Å². The zero-order valence-corrected chi connectivity index (χ0v) is 17.6. The van der Waals surface area contributed by atoms with E-state index in [0.717, 1.165) is 43.9 Å². The monoisotopic (exact) mass is 406 g/mol. The summed E-state index contributed by atoms with van der Waals surface area (Å²) in [6.45, 7) is 5.58. The van der Waals surface area contributed by atoms with Crippen molar-refractivity contribution in [1.82, 2.24) is 0 Å². The van der Waals surface area contributed by atoms with Crippen LogP contribution in [0, 0.1) is 0 Å². The third kappa shape index (κ3) is 15.4. The molecule has 0 saturated heterocycles. The Balaban J connectivity index is 3.82. The van der Waals surface area contributed by atoms with Crippen LogP contribution in [0.2, 0.25) is 0 Å². The van der Waals surface area contributed by atoms with Crippen molar-refractivity contribution in [1.29, 1.82) is 0 Å². The van der Waals surface area contributed by atoms with Crippen LogP contribution in [0.3, 0.4) is 0 Å². The molecule has 1 unspecified atom stereocenters. The summed E-state index contributed by atoms with van der Waals surface area (Å²) in [5, 5.41) is 1.05. The van der Waals surface area contributed by atoms with E-state index in [1.807, 2.05) is 0 Å². The normalized spacial score (nSPS) is 12.3. The topological polar surface area (TPSA) is 35.5 Å². The van der Waals surface area contributed by atoms with Crippen molar-refractivity contribution in [3.05, 3.63) is 0 Å². The Morgan fingerprint density at radius 1 is 0.792 bits per heavy atom. The minimum Gasteiger partial charge on any atom is -0.464 e. The van der Waals surface area contributed by atoms with E-state index in [0.29, 0.717) is 13.2 Å². The summed E-state index contributed by atoms with van der Waals surface area (Å²) >= 11 is 3.43. The maximum Gasteiger partial charge on any atom is 0.335 e. The summed E-state index contributed by atoms with van der Waals surface area (Å²) in [7, 11) is 0. The lowest BCUT2D eigenvalue weighted by Crippen LogP contribution is -2.27. The first kappa shape index (κ1) is 23.9. The molecule has 0 spiro atoms. The Kier molecular flexibility index (Phi) is 19.2. The highest BCUT2D eigenvalue weighted by Crippen LogP contribution is 2.11. The number of rotatable bonds is 18. The average Bonchev–Trinajstić information content (AvgIpc) is 2.59. The summed E-state index contributed by atoms with van der Waals surface area (Å²) < 4.78 is 11.2. The van der Waals surface area contributed by atoms with Gasteiger partial charge in [0.25, 0.3) is 0 Å². The molecule has 1 atom stereocenters. The third-order valence-electron chi connectivity index (χ3n) is 4.17. The van der Waals surface area contributed by atoms with Gasteiger partial charge in [0, 0.05) is 11.9 Å². The first-order valence-corrected chi connectivity index (χ1v) is 11.2. The van der Waals surface area contributed by atoms with Gasteiger partial charge >= 0.3 is 5.97 Å². The zero-order valence-electron chi connectivity index (χ0n) is 16.0. The van der Waals surface area contributed by atoms with Gasteiger partial charge < -0.3 is 9.47 Å². The van der Waals surface area contributed by atoms with E-state index >= 15 is 0 Å². The predicted molar refractivity (Wildman–Crippen MR) is 106 cm³/mol. The Hall–Kier alpha value is -0.0900. The first-order chi connectivity index (χ1) is 11.8. The molecule has 0 aliphatic carbocycles. The molecule has 24 heavy (non-hydrogen) atoms. The van der Waals surface area contributed by atoms with Crippen molar-refractivity contribution >= 4 is 21.9 Å². The molecule has 0 aromatic carbocycles. The van der Waals surface area contributed by atoms with Crippen LogP contribution >= 0.6 is 15.9 Å². The van der Waals surface area contributed by atoms with Gasteiger partial charge in [0.2, 0.25) is 0 Å². The molecule has 4 heteroatoms. The van der Waals surface area contributed by atoms with E-state index in [9.17, 15) is 4.79 Å². The van der Waals surface area contributed by atoms with Crippen LogP contribution < -0.4 is 0 Å². The fourth-order valence-electron chi connectivity index (χ4n) is 2.58. The number of ether oxygens (including phenoxy) is 2. The summed E-state index contributed by atoms with van der Waals surface area (Å²) in [6, 6.07) is 0. The second-order valence-electron chi connectivity index (χ2n) is 6.54. The Morgan fingerprint density at radius 3 is 2.04 bits per heavy atom. The van der Waals surface area contributed by atoms with Crippen molar-refractivity contribution in [3.63, 3.8) is 0 Å². The van der Waals surface area contributed by atoms with Crippen LogP contribution in [0.1, 0.15) is 97.3 Å². The van der Waals surface area contributed by atoms with Gasteiger partial charge in [-0.15, -0.1) is 0 Å². The molecule has 0 fully saturated rings. The van der Waals surface area contributed by atoms with E-state index < -0.39 is 0 Å². The van der Waals surface area contributed by atoms with Gasteiger partial charge in [-0.05, 0) is 25.7 Å². The number of hydrogen-bond donors (Lipinski definition) is 0. The molecular weight excluding hydrogens is 368 g/mol. The quantitative estimate of drug-likeness (QED) is 0.149. The summed E-state index contributed by atoms with van der Waals surface area (Å²) in [6.07, 6.45) is 14.4. The minimum atomic E-state index is -0.358. The van der Waals surface area contributed by atoms with Crippen LogP contribution in [-0.2, 0) is 14.3 Å². The number of alkyl halides is 1.